The summed E-state index contributed by atoms with van der Waals surface area (Å²) in [6, 6.07) is -0.120. The Hall–Kier alpha value is -2.23. The summed E-state index contributed by atoms with van der Waals surface area (Å²) in [4.78, 5) is 33.8. The molecule has 3 unspecified atom stereocenters. The fraction of sp³-hybridized carbons (Fsp3) is 0.900. The summed E-state index contributed by atoms with van der Waals surface area (Å²) in [7, 11) is 4.23. The molecular weight excluding hydrogens is 574 g/mol. The van der Waals surface area contributed by atoms with E-state index in [4.69, 9.17) is 9.47 Å². The Morgan fingerprint density at radius 1 is 0.636 bits per heavy atom. The first-order valence-electron chi connectivity index (χ1n) is 14.9. The van der Waals surface area contributed by atoms with Gasteiger partial charge in [0.1, 0.15) is 6.10 Å². The van der Waals surface area contributed by atoms with Crippen molar-refractivity contribution in [2.24, 2.45) is 5.92 Å². The monoisotopic (exact) mass is 633 g/mol. The van der Waals surface area contributed by atoms with Gasteiger partial charge in [-0.3, -0.25) is 4.79 Å². The lowest BCUT2D eigenvalue weighted by molar-refractivity contribution is -0.201. The van der Waals surface area contributed by atoms with Gasteiger partial charge in [0, 0.05) is 30.1 Å². The van der Waals surface area contributed by atoms with Crippen LogP contribution < -0.4 is 10.6 Å². The lowest BCUT2D eigenvalue weighted by Crippen LogP contribution is -2.53. The van der Waals surface area contributed by atoms with Crippen molar-refractivity contribution in [2.75, 3.05) is 21.3 Å². The van der Waals surface area contributed by atoms with E-state index in [0.717, 1.165) is 0 Å². The minimum atomic E-state index is -0.560. The summed E-state index contributed by atoms with van der Waals surface area (Å²) in [6.45, 7) is 22.7. The van der Waals surface area contributed by atoms with Crippen LogP contribution in [0, 0.1) is 5.92 Å². The van der Waals surface area contributed by atoms with Crippen LogP contribution in [0.3, 0.4) is 0 Å². The molecular formula is C30H59N5O9. The molecule has 0 bridgehead atoms. The van der Waals surface area contributed by atoms with Crippen molar-refractivity contribution >= 4 is 18.2 Å². The average molecular weight is 634 g/mol. The number of nitrogens with zero attached hydrogens (tertiary/aromatic N) is 3. The molecule has 5 N–H and O–H groups in total. The lowest BCUT2D eigenvalue weighted by atomic mass is 9.87. The second kappa shape index (κ2) is 13.6. The summed E-state index contributed by atoms with van der Waals surface area (Å²) in [5.74, 6) is -0.521. The second-order valence-corrected chi connectivity index (χ2v) is 15.4. The number of ether oxygens (including phenoxy) is 3. The molecule has 14 heteroatoms. The van der Waals surface area contributed by atoms with E-state index in [1.54, 1.807) is 0 Å². The third-order valence-corrected chi connectivity index (χ3v) is 9.36. The highest BCUT2D eigenvalue weighted by Crippen LogP contribution is 2.44. The van der Waals surface area contributed by atoms with Crippen LogP contribution in [-0.2, 0) is 19.0 Å². The number of esters is 1. The number of hydrogen-bond donors (Lipinski definition) is 5. The van der Waals surface area contributed by atoms with E-state index >= 15 is 0 Å². The van der Waals surface area contributed by atoms with E-state index < -0.39 is 28.8 Å². The Balaban J connectivity index is 0.000000330. The molecule has 3 rings (SSSR count). The fourth-order valence-electron chi connectivity index (χ4n) is 6.55. The first kappa shape index (κ1) is 39.8. The van der Waals surface area contributed by atoms with Gasteiger partial charge in [0.05, 0.1) is 42.8 Å². The minimum Gasteiger partial charge on any atom is -0.469 e. The van der Waals surface area contributed by atoms with Gasteiger partial charge in [0.25, 0.3) is 0 Å². The number of hydroxylamine groups is 6. The Morgan fingerprint density at radius 2 is 1.07 bits per heavy atom. The third-order valence-electron chi connectivity index (χ3n) is 9.36. The van der Waals surface area contributed by atoms with E-state index in [-0.39, 0.29) is 40.6 Å². The van der Waals surface area contributed by atoms with Crippen LogP contribution in [0.2, 0.25) is 0 Å². The topological polar surface area (TPSA) is 173 Å². The minimum absolute atomic E-state index is 0.120. The van der Waals surface area contributed by atoms with E-state index in [9.17, 15) is 30.0 Å². The zero-order valence-electron chi connectivity index (χ0n) is 29.5. The van der Waals surface area contributed by atoms with Gasteiger partial charge in [0.15, 0.2) is 0 Å². The van der Waals surface area contributed by atoms with Crippen molar-refractivity contribution in [3.8, 4) is 0 Å². The number of methoxy groups -OCH3 is 2. The van der Waals surface area contributed by atoms with E-state index in [0.29, 0.717) is 19.3 Å². The Labute approximate surface area is 263 Å². The predicted octanol–water partition coefficient (Wildman–Crippen LogP) is 4.15. The van der Waals surface area contributed by atoms with Gasteiger partial charge in [-0.05, 0) is 95.9 Å². The molecule has 0 aromatic heterocycles. The molecule has 2 amide bonds. The molecule has 0 radical (unpaired) electrons. The number of carbonyl (C=O) groups is 3. The van der Waals surface area contributed by atoms with Crippen LogP contribution in [0.4, 0.5) is 9.59 Å². The van der Waals surface area contributed by atoms with Gasteiger partial charge in [0.2, 0.25) is 0 Å². The van der Waals surface area contributed by atoms with Gasteiger partial charge in [-0.15, -0.1) is 0 Å². The SMILES string of the molecule is CNC(=O)OC1CC(C)(C)N(O)C1(C)C.COC(=O)C1CC(C)(C)N(O)C1(C)C.COC(=O)NC1CC(C)(C)N(O)C1(C)C. The normalized spacial score (nSPS) is 29.3. The molecule has 3 fully saturated rings. The van der Waals surface area contributed by atoms with Crippen molar-refractivity contribution in [2.45, 2.75) is 148 Å². The van der Waals surface area contributed by atoms with Crippen LogP contribution in [0.1, 0.15) is 102 Å². The van der Waals surface area contributed by atoms with Gasteiger partial charge in [-0.2, -0.15) is 15.2 Å². The first-order chi connectivity index (χ1) is 19.7. The molecule has 3 atom stereocenters. The zero-order valence-corrected chi connectivity index (χ0v) is 29.5. The van der Waals surface area contributed by atoms with E-state index in [1.807, 2.05) is 83.1 Å². The number of rotatable bonds is 3. The summed E-state index contributed by atoms with van der Waals surface area (Å²) in [5.41, 5.74) is -2.69. The maximum absolute atomic E-state index is 11.5. The molecule has 0 saturated carbocycles. The van der Waals surface area contributed by atoms with E-state index in [2.05, 4.69) is 15.4 Å². The van der Waals surface area contributed by atoms with Crippen LogP contribution in [0.5, 0.6) is 0 Å². The van der Waals surface area contributed by atoms with Crippen molar-refractivity contribution in [3.05, 3.63) is 0 Å². The highest BCUT2D eigenvalue weighted by Gasteiger charge is 2.55. The van der Waals surface area contributed by atoms with Crippen LogP contribution in [0.15, 0.2) is 0 Å². The molecule has 0 aromatic carbocycles. The number of alkyl carbamates (subject to hydrolysis) is 2. The zero-order chi connectivity index (χ0) is 34.9. The Morgan fingerprint density at radius 3 is 1.39 bits per heavy atom. The molecule has 3 heterocycles. The number of nitrogens with one attached hydrogen (secondary N) is 2. The molecule has 0 aromatic rings. The van der Waals surface area contributed by atoms with Crippen molar-refractivity contribution in [3.63, 3.8) is 0 Å². The molecule has 44 heavy (non-hydrogen) atoms. The van der Waals surface area contributed by atoms with Crippen molar-refractivity contribution in [1.82, 2.24) is 25.8 Å². The first-order valence-corrected chi connectivity index (χ1v) is 14.9. The van der Waals surface area contributed by atoms with Gasteiger partial charge >= 0.3 is 18.2 Å². The predicted molar refractivity (Wildman–Crippen MR) is 163 cm³/mol. The largest absolute Gasteiger partial charge is 0.469 e. The fourth-order valence-corrected chi connectivity index (χ4v) is 6.55. The maximum Gasteiger partial charge on any atom is 0.407 e. The molecule has 3 aliphatic rings. The summed E-state index contributed by atoms with van der Waals surface area (Å²) in [5, 5.41) is 38.9. The van der Waals surface area contributed by atoms with E-state index in [1.165, 1.54) is 36.5 Å². The quantitative estimate of drug-likeness (QED) is 0.222. The van der Waals surface area contributed by atoms with Crippen LogP contribution in [0.25, 0.3) is 0 Å². The number of carbonyl (C=O) groups excluding carboxylic acids is 3. The van der Waals surface area contributed by atoms with Crippen LogP contribution >= 0.6 is 0 Å². The molecule has 3 saturated heterocycles. The highest BCUT2D eigenvalue weighted by atomic mass is 16.6. The third kappa shape index (κ3) is 8.32. The molecule has 0 spiro atoms. The summed E-state index contributed by atoms with van der Waals surface area (Å²) in [6.07, 6.45) is 0.689. The molecule has 258 valence electrons. The Kier molecular flexibility index (Phi) is 12.3. The highest BCUT2D eigenvalue weighted by molar-refractivity contribution is 5.74. The average Bonchev–Trinajstić information content (AvgIpc) is 3.26. The van der Waals surface area contributed by atoms with Crippen molar-refractivity contribution in [1.29, 1.82) is 0 Å². The Bertz CT molecular complexity index is 974. The number of hydrogen-bond acceptors (Lipinski definition) is 12. The molecule has 0 aliphatic carbocycles. The van der Waals surface area contributed by atoms with Gasteiger partial charge in [-0.1, -0.05) is 0 Å². The summed E-state index contributed by atoms with van der Waals surface area (Å²) >= 11 is 0. The maximum atomic E-state index is 11.5. The lowest BCUT2D eigenvalue weighted by Gasteiger charge is -2.35. The van der Waals surface area contributed by atoms with Crippen LogP contribution in [-0.4, -0.2) is 116 Å². The van der Waals surface area contributed by atoms with Crippen molar-refractivity contribution < 1.29 is 44.2 Å². The van der Waals surface area contributed by atoms with Gasteiger partial charge in [-0.25, -0.2) is 9.59 Å². The standard InChI is InChI=1S/2C10H20N2O3.C10H19NO3/c1-9(2)6-7(11-8(13)15-5)10(3,4)12(9)14;1-9(2)6-7(15-8(13)11-5)10(3,4)12(9)14;1-9(2)6-7(8(12)14-5)10(3,4)11(9)13/h2*7,14H,6H2,1-5H3,(H,11,13);7,13H,6H2,1-5H3. The van der Waals surface area contributed by atoms with Gasteiger partial charge < -0.3 is 40.5 Å². The molecule has 14 nitrogen and oxygen atoms in total. The summed E-state index contributed by atoms with van der Waals surface area (Å²) < 4.78 is 14.5. The molecule has 3 aliphatic heterocycles. The second-order valence-electron chi connectivity index (χ2n) is 15.4. The smallest absolute Gasteiger partial charge is 0.407 e. The number of amides is 2.